The van der Waals surface area contributed by atoms with E-state index in [0.717, 1.165) is 56.0 Å². The van der Waals surface area contributed by atoms with Gasteiger partial charge in [0.1, 0.15) is 5.75 Å². The molecular formula is C18H24ClN3O2S. The number of carbonyl (C=O) groups is 1. The summed E-state index contributed by atoms with van der Waals surface area (Å²) in [6, 6.07) is 7.90. The van der Waals surface area contributed by atoms with Gasteiger partial charge in [-0.25, -0.2) is 4.98 Å². The van der Waals surface area contributed by atoms with Crippen LogP contribution in [0.5, 0.6) is 5.75 Å². The second-order valence-corrected chi connectivity index (χ2v) is 6.80. The van der Waals surface area contributed by atoms with Crippen LogP contribution >= 0.6 is 23.7 Å². The number of anilines is 1. The average molecular weight is 382 g/mol. The van der Waals surface area contributed by atoms with Crippen LogP contribution in [0.2, 0.25) is 0 Å². The van der Waals surface area contributed by atoms with Crippen LogP contribution in [0.4, 0.5) is 5.13 Å². The molecular weight excluding hydrogens is 358 g/mol. The molecule has 1 saturated heterocycles. The van der Waals surface area contributed by atoms with E-state index in [2.05, 4.69) is 22.5 Å². The van der Waals surface area contributed by atoms with Crippen molar-refractivity contribution in [3.05, 3.63) is 29.6 Å². The van der Waals surface area contributed by atoms with Crippen LogP contribution in [0.3, 0.4) is 0 Å². The van der Waals surface area contributed by atoms with Crippen molar-refractivity contribution in [2.24, 2.45) is 5.92 Å². The van der Waals surface area contributed by atoms with E-state index < -0.39 is 0 Å². The molecule has 1 aliphatic rings. The van der Waals surface area contributed by atoms with Gasteiger partial charge in [-0.15, -0.1) is 23.7 Å². The van der Waals surface area contributed by atoms with Crippen molar-refractivity contribution in [2.75, 3.05) is 25.0 Å². The lowest BCUT2D eigenvalue weighted by Gasteiger charge is -2.21. The molecule has 0 saturated carbocycles. The number of nitrogens with zero attached hydrogens (tertiary/aromatic N) is 1. The second-order valence-electron chi connectivity index (χ2n) is 5.94. The van der Waals surface area contributed by atoms with E-state index >= 15 is 0 Å². The largest absolute Gasteiger partial charge is 0.494 e. The molecule has 25 heavy (non-hydrogen) atoms. The second kappa shape index (κ2) is 9.75. The maximum Gasteiger partial charge on any atom is 0.230 e. The van der Waals surface area contributed by atoms with Crippen LogP contribution in [-0.4, -0.2) is 30.6 Å². The van der Waals surface area contributed by atoms with E-state index in [9.17, 15) is 4.79 Å². The standard InChI is InChI=1S/C18H23N3O2S.ClH/c1-2-10-23-15-7-5-13(6-8-15)16-12-24-18(20-16)21-17(22)14-4-3-9-19-11-14;/h5-8,12,14,19H,2-4,9-11H2,1H3,(H,20,21,22);1H. The van der Waals surface area contributed by atoms with E-state index in [-0.39, 0.29) is 24.2 Å². The van der Waals surface area contributed by atoms with Crippen LogP contribution in [-0.2, 0) is 4.79 Å². The predicted octanol–water partition coefficient (Wildman–Crippen LogP) is 3.96. The van der Waals surface area contributed by atoms with Gasteiger partial charge in [0.15, 0.2) is 5.13 Å². The summed E-state index contributed by atoms with van der Waals surface area (Å²) >= 11 is 1.46. The number of aromatic nitrogens is 1. The van der Waals surface area contributed by atoms with Crippen LogP contribution in [0.25, 0.3) is 11.3 Å². The average Bonchev–Trinajstić information content (AvgIpc) is 3.09. The summed E-state index contributed by atoms with van der Waals surface area (Å²) in [6.45, 7) is 4.57. The van der Waals surface area contributed by atoms with Crippen molar-refractivity contribution in [2.45, 2.75) is 26.2 Å². The number of rotatable bonds is 6. The molecule has 7 heteroatoms. The Hall–Kier alpha value is -1.63. The first-order chi connectivity index (χ1) is 11.8. The first-order valence-electron chi connectivity index (χ1n) is 8.46. The molecule has 1 amide bonds. The topological polar surface area (TPSA) is 63.2 Å². The number of hydrogen-bond acceptors (Lipinski definition) is 5. The van der Waals surface area contributed by atoms with Crippen LogP contribution in [0.1, 0.15) is 26.2 Å². The fraction of sp³-hybridized carbons (Fsp3) is 0.444. The normalized spacial score (nSPS) is 16.8. The van der Waals surface area contributed by atoms with Gasteiger partial charge in [-0.05, 0) is 50.1 Å². The molecule has 1 aromatic carbocycles. The molecule has 0 radical (unpaired) electrons. The molecule has 1 atom stereocenters. The number of carbonyl (C=O) groups excluding carboxylic acids is 1. The number of ether oxygens (including phenoxy) is 1. The monoisotopic (exact) mass is 381 g/mol. The quantitative estimate of drug-likeness (QED) is 0.795. The van der Waals surface area contributed by atoms with Gasteiger partial charge >= 0.3 is 0 Å². The highest BCUT2D eigenvalue weighted by Crippen LogP contribution is 2.27. The fourth-order valence-corrected chi connectivity index (χ4v) is 3.41. The Balaban J connectivity index is 0.00000225. The lowest BCUT2D eigenvalue weighted by molar-refractivity contribution is -0.120. The molecule has 2 aromatic rings. The lowest BCUT2D eigenvalue weighted by atomic mass is 9.99. The highest BCUT2D eigenvalue weighted by atomic mass is 35.5. The highest BCUT2D eigenvalue weighted by molar-refractivity contribution is 7.14. The molecule has 0 aliphatic carbocycles. The molecule has 136 valence electrons. The Labute approximate surface area is 158 Å². The maximum absolute atomic E-state index is 12.3. The van der Waals surface area contributed by atoms with Gasteiger partial charge in [-0.1, -0.05) is 6.92 Å². The van der Waals surface area contributed by atoms with Crippen molar-refractivity contribution in [1.82, 2.24) is 10.3 Å². The molecule has 2 heterocycles. The molecule has 1 aromatic heterocycles. The third-order valence-corrected chi connectivity index (χ3v) is 4.78. The molecule has 2 N–H and O–H groups in total. The zero-order valence-corrected chi connectivity index (χ0v) is 15.9. The van der Waals surface area contributed by atoms with Gasteiger partial charge in [0.05, 0.1) is 18.2 Å². The summed E-state index contributed by atoms with van der Waals surface area (Å²) < 4.78 is 5.59. The summed E-state index contributed by atoms with van der Waals surface area (Å²) in [5.74, 6) is 0.974. The number of halogens is 1. The Morgan fingerprint density at radius 1 is 1.40 bits per heavy atom. The Bertz CT molecular complexity index is 669. The van der Waals surface area contributed by atoms with Gasteiger partial charge in [0.2, 0.25) is 5.91 Å². The van der Waals surface area contributed by atoms with Crippen molar-refractivity contribution in [1.29, 1.82) is 0 Å². The lowest BCUT2D eigenvalue weighted by Crippen LogP contribution is -2.37. The fourth-order valence-electron chi connectivity index (χ4n) is 2.69. The molecule has 1 fully saturated rings. The zero-order chi connectivity index (χ0) is 16.8. The SMILES string of the molecule is CCCOc1ccc(-c2csc(NC(=O)C3CCCNC3)n2)cc1.Cl. The van der Waals surface area contributed by atoms with E-state index in [0.29, 0.717) is 5.13 Å². The summed E-state index contributed by atoms with van der Waals surface area (Å²) in [5.41, 5.74) is 1.90. The Kier molecular flexibility index (Phi) is 7.68. The molecule has 1 unspecified atom stereocenters. The first-order valence-corrected chi connectivity index (χ1v) is 9.34. The summed E-state index contributed by atoms with van der Waals surface area (Å²) in [7, 11) is 0. The number of nitrogens with one attached hydrogen (secondary N) is 2. The van der Waals surface area contributed by atoms with E-state index in [1.54, 1.807) is 0 Å². The third-order valence-electron chi connectivity index (χ3n) is 4.02. The molecule has 0 spiro atoms. The first kappa shape index (κ1) is 19.7. The minimum Gasteiger partial charge on any atom is -0.494 e. The predicted molar refractivity (Wildman–Crippen MR) is 105 cm³/mol. The molecule has 1 aliphatic heterocycles. The van der Waals surface area contributed by atoms with E-state index in [4.69, 9.17) is 4.74 Å². The van der Waals surface area contributed by atoms with E-state index in [1.165, 1.54) is 11.3 Å². The minimum absolute atomic E-state index is 0. The number of thiazole rings is 1. The Morgan fingerprint density at radius 2 is 2.20 bits per heavy atom. The van der Waals surface area contributed by atoms with Crippen LogP contribution in [0, 0.1) is 5.92 Å². The number of amides is 1. The van der Waals surface area contributed by atoms with Gasteiger partial charge in [-0.3, -0.25) is 4.79 Å². The Morgan fingerprint density at radius 3 is 2.88 bits per heavy atom. The molecule has 5 nitrogen and oxygen atoms in total. The maximum atomic E-state index is 12.3. The van der Waals surface area contributed by atoms with Crippen molar-refractivity contribution in [3.63, 3.8) is 0 Å². The molecule has 0 bridgehead atoms. The van der Waals surface area contributed by atoms with E-state index in [1.807, 2.05) is 29.6 Å². The van der Waals surface area contributed by atoms with Crippen LogP contribution in [0.15, 0.2) is 29.6 Å². The van der Waals surface area contributed by atoms with Crippen molar-refractivity contribution >= 4 is 34.8 Å². The van der Waals surface area contributed by atoms with Crippen molar-refractivity contribution in [3.8, 4) is 17.0 Å². The number of hydrogen-bond donors (Lipinski definition) is 2. The summed E-state index contributed by atoms with van der Waals surface area (Å²) in [6.07, 6.45) is 2.98. The van der Waals surface area contributed by atoms with Gasteiger partial charge in [-0.2, -0.15) is 0 Å². The van der Waals surface area contributed by atoms with Crippen molar-refractivity contribution < 1.29 is 9.53 Å². The minimum atomic E-state index is 0. The highest BCUT2D eigenvalue weighted by Gasteiger charge is 2.21. The smallest absolute Gasteiger partial charge is 0.230 e. The van der Waals surface area contributed by atoms with Crippen LogP contribution < -0.4 is 15.4 Å². The summed E-state index contributed by atoms with van der Waals surface area (Å²) in [4.78, 5) is 16.8. The number of benzene rings is 1. The third kappa shape index (κ3) is 5.42. The van der Waals surface area contributed by atoms with Gasteiger partial charge in [0, 0.05) is 17.5 Å². The summed E-state index contributed by atoms with van der Waals surface area (Å²) in [5, 5.41) is 8.84. The molecule has 3 rings (SSSR count). The number of piperidine rings is 1. The van der Waals surface area contributed by atoms with Gasteiger partial charge in [0.25, 0.3) is 0 Å². The zero-order valence-electron chi connectivity index (χ0n) is 14.3. The van der Waals surface area contributed by atoms with Gasteiger partial charge < -0.3 is 15.4 Å².